The lowest BCUT2D eigenvalue weighted by Gasteiger charge is -2.10. The molecule has 1 N–H and O–H groups in total. The molecule has 0 amide bonds. The van der Waals surface area contributed by atoms with E-state index in [0.29, 0.717) is 18.9 Å². The van der Waals surface area contributed by atoms with E-state index in [1.54, 1.807) is 6.07 Å². The third kappa shape index (κ3) is 3.47. The molecule has 0 spiro atoms. The summed E-state index contributed by atoms with van der Waals surface area (Å²) < 4.78 is 18.8. The molecule has 2 aromatic carbocycles. The Morgan fingerprint density at radius 1 is 1.16 bits per heavy atom. The lowest BCUT2D eigenvalue weighted by molar-refractivity contribution is 0.321. The Balaban J connectivity index is 2.04. The van der Waals surface area contributed by atoms with Crippen molar-refractivity contribution in [3.05, 3.63) is 59.4 Å². The van der Waals surface area contributed by atoms with Crippen LogP contribution >= 0.6 is 0 Å². The molecule has 2 nitrogen and oxygen atoms in total. The Morgan fingerprint density at radius 3 is 2.63 bits per heavy atom. The van der Waals surface area contributed by atoms with Gasteiger partial charge in [0.15, 0.2) is 11.6 Å². The maximum atomic E-state index is 13.7. The molecule has 0 fully saturated rings. The van der Waals surface area contributed by atoms with Gasteiger partial charge in [-0.3, -0.25) is 0 Å². The Morgan fingerprint density at radius 2 is 1.95 bits per heavy atom. The van der Waals surface area contributed by atoms with E-state index in [1.807, 2.05) is 25.1 Å². The van der Waals surface area contributed by atoms with Crippen molar-refractivity contribution < 1.29 is 9.13 Å². The second-order valence-corrected chi connectivity index (χ2v) is 4.36. The number of aryl methyl sites for hydroxylation is 1. The van der Waals surface area contributed by atoms with E-state index >= 15 is 0 Å². The monoisotopic (exact) mass is 259 g/mol. The molecular weight excluding hydrogens is 241 g/mol. The third-order valence-electron chi connectivity index (χ3n) is 2.98. The van der Waals surface area contributed by atoms with Crippen LogP contribution in [0.5, 0.6) is 5.75 Å². The first-order valence-corrected chi connectivity index (χ1v) is 6.41. The molecule has 2 rings (SSSR count). The first kappa shape index (κ1) is 13.4. The number of ether oxygens (including phenoxy) is 1. The predicted octanol–water partition coefficient (Wildman–Crippen LogP) is 4.14. The average molecular weight is 259 g/mol. The maximum absolute atomic E-state index is 13.7. The van der Waals surface area contributed by atoms with Crippen molar-refractivity contribution in [2.24, 2.45) is 0 Å². The van der Waals surface area contributed by atoms with Crippen molar-refractivity contribution in [1.82, 2.24) is 0 Å². The second-order valence-electron chi connectivity index (χ2n) is 4.36. The molecule has 0 aliphatic rings. The van der Waals surface area contributed by atoms with Crippen LogP contribution in [0.1, 0.15) is 18.1 Å². The number of hydrogen-bond donors (Lipinski definition) is 1. The summed E-state index contributed by atoms with van der Waals surface area (Å²) in [6, 6.07) is 13.1. The van der Waals surface area contributed by atoms with Crippen molar-refractivity contribution in [2.75, 3.05) is 11.9 Å². The molecule has 0 aliphatic heterocycles. The van der Waals surface area contributed by atoms with E-state index in [9.17, 15) is 4.39 Å². The lowest BCUT2D eigenvalue weighted by atomic mass is 10.1. The zero-order chi connectivity index (χ0) is 13.7. The Hall–Kier alpha value is -2.03. The van der Waals surface area contributed by atoms with Crippen LogP contribution in [0.4, 0.5) is 10.1 Å². The minimum absolute atomic E-state index is 0.295. The normalized spacial score (nSPS) is 10.3. The van der Waals surface area contributed by atoms with E-state index in [2.05, 4.69) is 24.4 Å². The molecule has 100 valence electrons. The zero-order valence-electron chi connectivity index (χ0n) is 11.2. The highest BCUT2D eigenvalue weighted by Gasteiger charge is 2.04. The first-order chi connectivity index (χ1) is 9.20. The quantitative estimate of drug-likeness (QED) is 0.871. The van der Waals surface area contributed by atoms with E-state index in [1.165, 1.54) is 17.2 Å². The van der Waals surface area contributed by atoms with Gasteiger partial charge in [0.2, 0.25) is 0 Å². The Kier molecular flexibility index (Phi) is 4.39. The summed E-state index contributed by atoms with van der Waals surface area (Å²) in [7, 11) is 0. The highest BCUT2D eigenvalue weighted by Crippen LogP contribution is 2.21. The lowest BCUT2D eigenvalue weighted by Crippen LogP contribution is -2.02. The molecule has 3 heteroatoms. The predicted molar refractivity (Wildman–Crippen MR) is 76.1 cm³/mol. The molecule has 0 aromatic heterocycles. The van der Waals surface area contributed by atoms with Crippen molar-refractivity contribution in [1.29, 1.82) is 0 Å². The van der Waals surface area contributed by atoms with Crippen LogP contribution in [0.2, 0.25) is 0 Å². The van der Waals surface area contributed by atoms with Gasteiger partial charge in [-0.1, -0.05) is 24.3 Å². The largest absolute Gasteiger partial charge is 0.491 e. The van der Waals surface area contributed by atoms with Gasteiger partial charge >= 0.3 is 0 Å². The smallest absolute Gasteiger partial charge is 0.167 e. The van der Waals surface area contributed by atoms with Crippen LogP contribution in [-0.4, -0.2) is 6.61 Å². The van der Waals surface area contributed by atoms with Crippen LogP contribution in [0, 0.1) is 12.7 Å². The minimum atomic E-state index is -0.336. The van der Waals surface area contributed by atoms with Gasteiger partial charge in [-0.15, -0.1) is 0 Å². The molecule has 0 bridgehead atoms. The first-order valence-electron chi connectivity index (χ1n) is 6.41. The van der Waals surface area contributed by atoms with Crippen LogP contribution in [0.25, 0.3) is 0 Å². The van der Waals surface area contributed by atoms with E-state index in [4.69, 9.17) is 4.74 Å². The van der Waals surface area contributed by atoms with Crippen LogP contribution < -0.4 is 10.1 Å². The summed E-state index contributed by atoms with van der Waals surface area (Å²) in [5.74, 6) is -0.0411. The van der Waals surface area contributed by atoms with Gasteiger partial charge < -0.3 is 10.1 Å². The summed E-state index contributed by atoms with van der Waals surface area (Å²) in [5.41, 5.74) is 3.18. The maximum Gasteiger partial charge on any atom is 0.167 e. The molecule has 0 saturated carbocycles. The molecular formula is C16H18FNO. The highest BCUT2D eigenvalue weighted by atomic mass is 19.1. The molecule has 0 atom stereocenters. The number of benzene rings is 2. The summed E-state index contributed by atoms with van der Waals surface area (Å²) in [4.78, 5) is 0. The van der Waals surface area contributed by atoms with E-state index in [-0.39, 0.29) is 5.82 Å². The van der Waals surface area contributed by atoms with Gasteiger partial charge in [-0.05, 0) is 37.1 Å². The van der Waals surface area contributed by atoms with Gasteiger partial charge in [-0.2, -0.15) is 0 Å². The molecule has 0 radical (unpaired) electrons. The Bertz CT molecular complexity index is 554. The molecule has 0 saturated heterocycles. The average Bonchev–Trinajstić information content (AvgIpc) is 2.41. The molecule has 0 aliphatic carbocycles. The fraction of sp³-hybridized carbons (Fsp3) is 0.250. The van der Waals surface area contributed by atoms with Gasteiger partial charge in [0.05, 0.1) is 6.61 Å². The summed E-state index contributed by atoms with van der Waals surface area (Å²) in [5, 5.41) is 3.22. The second kappa shape index (κ2) is 6.23. The minimum Gasteiger partial charge on any atom is -0.491 e. The van der Waals surface area contributed by atoms with Crippen molar-refractivity contribution >= 4 is 5.69 Å². The fourth-order valence-corrected chi connectivity index (χ4v) is 1.89. The summed E-state index contributed by atoms with van der Waals surface area (Å²) in [6.07, 6.45) is 0. The molecule has 0 heterocycles. The topological polar surface area (TPSA) is 21.3 Å². The van der Waals surface area contributed by atoms with Crippen molar-refractivity contribution in [3.63, 3.8) is 0 Å². The highest BCUT2D eigenvalue weighted by molar-refractivity contribution is 5.48. The number of nitrogens with one attached hydrogen (secondary N) is 1. The Labute approximate surface area is 113 Å². The molecule has 19 heavy (non-hydrogen) atoms. The number of anilines is 1. The van der Waals surface area contributed by atoms with Gasteiger partial charge in [-0.25, -0.2) is 4.39 Å². The van der Waals surface area contributed by atoms with E-state index < -0.39 is 0 Å². The van der Waals surface area contributed by atoms with Gasteiger partial charge in [0, 0.05) is 18.3 Å². The van der Waals surface area contributed by atoms with Crippen LogP contribution in [0.15, 0.2) is 42.5 Å². The van der Waals surface area contributed by atoms with Gasteiger partial charge in [0.25, 0.3) is 0 Å². The third-order valence-corrected chi connectivity index (χ3v) is 2.98. The van der Waals surface area contributed by atoms with E-state index in [0.717, 1.165) is 5.69 Å². The fourth-order valence-electron chi connectivity index (χ4n) is 1.89. The summed E-state index contributed by atoms with van der Waals surface area (Å²) >= 11 is 0. The number of hydrogen-bond acceptors (Lipinski definition) is 2. The SMILES string of the molecule is CCOc1ccc(NCc2ccccc2C)cc1F. The molecule has 0 unspecified atom stereocenters. The van der Waals surface area contributed by atoms with Crippen molar-refractivity contribution in [3.8, 4) is 5.75 Å². The number of rotatable bonds is 5. The van der Waals surface area contributed by atoms with Crippen LogP contribution in [-0.2, 0) is 6.54 Å². The van der Waals surface area contributed by atoms with Crippen molar-refractivity contribution in [2.45, 2.75) is 20.4 Å². The van der Waals surface area contributed by atoms with Crippen LogP contribution in [0.3, 0.4) is 0 Å². The number of halogens is 1. The molecule has 2 aromatic rings. The van der Waals surface area contributed by atoms with Gasteiger partial charge in [0.1, 0.15) is 0 Å². The zero-order valence-corrected chi connectivity index (χ0v) is 11.2. The standard InChI is InChI=1S/C16H18FNO/c1-3-19-16-9-8-14(10-15(16)17)18-11-13-7-5-4-6-12(13)2/h4-10,18H,3,11H2,1-2H3. The summed E-state index contributed by atoms with van der Waals surface area (Å²) in [6.45, 7) is 5.05.